The first-order valence-electron chi connectivity index (χ1n) is 7.64. The number of hydrogen-bond donors (Lipinski definition) is 1. The van der Waals surface area contributed by atoms with Gasteiger partial charge < -0.3 is 10.2 Å². The van der Waals surface area contributed by atoms with Crippen LogP contribution in [0.1, 0.15) is 13.3 Å². The molecule has 0 bridgehead atoms. The summed E-state index contributed by atoms with van der Waals surface area (Å²) in [5, 5.41) is 3.50. The van der Waals surface area contributed by atoms with E-state index in [2.05, 4.69) is 5.32 Å². The molecule has 2 aromatic carbocycles. The molecule has 6 heteroatoms. The zero-order valence-electron chi connectivity index (χ0n) is 13.2. The number of rotatable bonds is 3. The van der Waals surface area contributed by atoms with E-state index in [1.807, 2.05) is 49.4 Å². The van der Waals surface area contributed by atoms with Gasteiger partial charge >= 0.3 is 0 Å². The highest BCUT2D eigenvalue weighted by Gasteiger charge is 2.29. The number of amides is 2. The number of hydrogen-bond acceptors (Lipinski definition) is 3. The Kier molecular flexibility index (Phi) is 5.11. The maximum atomic E-state index is 12.8. The second-order valence-corrected chi connectivity index (χ2v) is 7.03. The van der Waals surface area contributed by atoms with Crippen LogP contribution < -0.4 is 10.2 Å². The molecular formula is C18H17ClN2O2S. The minimum atomic E-state index is -0.201. The number of fused-ring (bicyclic) bond motifs is 1. The maximum absolute atomic E-state index is 12.8. The highest BCUT2D eigenvalue weighted by atomic mass is 35.5. The van der Waals surface area contributed by atoms with Crippen molar-refractivity contribution in [2.45, 2.75) is 24.3 Å². The van der Waals surface area contributed by atoms with Gasteiger partial charge in [0, 0.05) is 17.4 Å². The number of nitrogens with zero attached hydrogens (tertiary/aromatic N) is 1. The molecule has 0 saturated carbocycles. The molecule has 3 rings (SSSR count). The summed E-state index contributed by atoms with van der Waals surface area (Å²) in [5.41, 5.74) is 1.41. The van der Waals surface area contributed by atoms with E-state index in [0.717, 1.165) is 10.6 Å². The van der Waals surface area contributed by atoms with Crippen molar-refractivity contribution in [1.29, 1.82) is 0 Å². The number of nitrogens with one attached hydrogen (secondary N) is 1. The smallest absolute Gasteiger partial charge is 0.237 e. The fraction of sp³-hybridized carbons (Fsp3) is 0.222. The van der Waals surface area contributed by atoms with Crippen molar-refractivity contribution in [3.05, 3.63) is 53.6 Å². The molecule has 4 nitrogen and oxygen atoms in total. The summed E-state index contributed by atoms with van der Waals surface area (Å²) >= 11 is 7.55. The number of benzene rings is 2. The zero-order valence-corrected chi connectivity index (χ0v) is 14.7. The average Bonchev–Trinajstić information content (AvgIpc) is 2.68. The van der Waals surface area contributed by atoms with Gasteiger partial charge in [0.2, 0.25) is 11.8 Å². The van der Waals surface area contributed by atoms with Gasteiger partial charge in [-0.15, -0.1) is 11.8 Å². The molecule has 124 valence electrons. The summed E-state index contributed by atoms with van der Waals surface area (Å²) in [5.74, 6) is 0.136. The first-order chi connectivity index (χ1) is 11.6. The SMILES string of the molecule is C[C@H]1CC(=O)Nc2ccccc2N1C(=O)CSc1ccccc1Cl. The fourth-order valence-electron chi connectivity index (χ4n) is 2.74. The minimum absolute atomic E-state index is 0.0450. The van der Waals surface area contributed by atoms with Crippen LogP contribution in [-0.4, -0.2) is 23.6 Å². The average molecular weight is 361 g/mol. The lowest BCUT2D eigenvalue weighted by atomic mass is 10.2. The molecule has 1 heterocycles. The fourth-order valence-corrected chi connectivity index (χ4v) is 3.84. The van der Waals surface area contributed by atoms with E-state index in [0.29, 0.717) is 10.7 Å². The Labute approximate surface area is 150 Å². The lowest BCUT2D eigenvalue weighted by molar-refractivity contribution is -0.117. The quantitative estimate of drug-likeness (QED) is 0.835. The van der Waals surface area contributed by atoms with Crippen LogP contribution in [0.4, 0.5) is 11.4 Å². The Morgan fingerprint density at radius 1 is 1.25 bits per heavy atom. The summed E-state index contributed by atoms with van der Waals surface area (Å²) in [4.78, 5) is 27.4. The lowest BCUT2D eigenvalue weighted by Gasteiger charge is -2.27. The van der Waals surface area contributed by atoms with Gasteiger partial charge in [0.25, 0.3) is 0 Å². The third kappa shape index (κ3) is 3.57. The Hall–Kier alpha value is -1.98. The lowest BCUT2D eigenvalue weighted by Crippen LogP contribution is -2.40. The van der Waals surface area contributed by atoms with Crippen molar-refractivity contribution >= 4 is 46.6 Å². The van der Waals surface area contributed by atoms with Crippen molar-refractivity contribution in [1.82, 2.24) is 0 Å². The summed E-state index contributed by atoms with van der Waals surface area (Å²) in [7, 11) is 0. The topological polar surface area (TPSA) is 49.4 Å². The molecule has 0 aliphatic carbocycles. The van der Waals surface area contributed by atoms with Crippen LogP contribution in [0.3, 0.4) is 0 Å². The van der Waals surface area contributed by atoms with Crippen LogP contribution in [-0.2, 0) is 9.59 Å². The standard InChI is InChI=1S/C18H17ClN2O2S/c1-12-10-17(22)20-14-7-3-4-8-15(14)21(12)18(23)11-24-16-9-5-2-6-13(16)19/h2-9,12H,10-11H2,1H3,(H,20,22)/t12-/m0/s1. The van der Waals surface area contributed by atoms with Crippen LogP contribution in [0.15, 0.2) is 53.4 Å². The number of thioether (sulfide) groups is 1. The molecule has 2 amide bonds. The van der Waals surface area contributed by atoms with E-state index in [9.17, 15) is 9.59 Å². The van der Waals surface area contributed by atoms with Crippen LogP contribution in [0, 0.1) is 0 Å². The van der Waals surface area contributed by atoms with Crippen molar-refractivity contribution in [2.24, 2.45) is 0 Å². The number of carbonyl (C=O) groups is 2. The molecule has 0 unspecified atom stereocenters. The second kappa shape index (κ2) is 7.28. The number of carbonyl (C=O) groups excluding carboxylic acids is 2. The molecule has 0 aromatic heterocycles. The van der Waals surface area contributed by atoms with Crippen LogP contribution in [0.5, 0.6) is 0 Å². The third-order valence-electron chi connectivity index (χ3n) is 3.82. The van der Waals surface area contributed by atoms with Crippen molar-refractivity contribution < 1.29 is 9.59 Å². The molecule has 1 atom stereocenters. The van der Waals surface area contributed by atoms with Gasteiger partial charge in [-0.3, -0.25) is 9.59 Å². The molecule has 0 spiro atoms. The molecule has 1 aliphatic rings. The maximum Gasteiger partial charge on any atom is 0.237 e. The van der Waals surface area contributed by atoms with Gasteiger partial charge in [-0.25, -0.2) is 0 Å². The Balaban J connectivity index is 1.83. The number of halogens is 1. The molecular weight excluding hydrogens is 344 g/mol. The highest BCUT2D eigenvalue weighted by molar-refractivity contribution is 8.00. The summed E-state index contributed by atoms with van der Waals surface area (Å²) in [6.45, 7) is 1.89. The highest BCUT2D eigenvalue weighted by Crippen LogP contribution is 2.33. The van der Waals surface area contributed by atoms with E-state index in [-0.39, 0.29) is 30.0 Å². The van der Waals surface area contributed by atoms with Gasteiger partial charge in [0.1, 0.15) is 0 Å². The van der Waals surface area contributed by atoms with Crippen molar-refractivity contribution in [3.8, 4) is 0 Å². The Morgan fingerprint density at radius 2 is 1.96 bits per heavy atom. The monoisotopic (exact) mass is 360 g/mol. The Morgan fingerprint density at radius 3 is 2.75 bits per heavy atom. The van der Waals surface area contributed by atoms with Crippen molar-refractivity contribution in [3.63, 3.8) is 0 Å². The van der Waals surface area contributed by atoms with Crippen LogP contribution >= 0.6 is 23.4 Å². The zero-order chi connectivity index (χ0) is 17.1. The van der Waals surface area contributed by atoms with Crippen LogP contribution in [0.2, 0.25) is 5.02 Å². The molecule has 2 aromatic rings. The summed E-state index contributed by atoms with van der Waals surface area (Å²) in [6.07, 6.45) is 0.275. The normalized spacial score (nSPS) is 17.0. The van der Waals surface area contributed by atoms with Gasteiger partial charge in [0.05, 0.1) is 22.2 Å². The number of para-hydroxylation sites is 2. The predicted molar refractivity (Wildman–Crippen MR) is 98.8 cm³/mol. The number of anilines is 2. The van der Waals surface area contributed by atoms with E-state index in [4.69, 9.17) is 11.6 Å². The van der Waals surface area contributed by atoms with Gasteiger partial charge in [-0.05, 0) is 31.2 Å². The first-order valence-corrected chi connectivity index (χ1v) is 9.01. The molecule has 0 saturated heterocycles. The minimum Gasteiger partial charge on any atom is -0.324 e. The van der Waals surface area contributed by atoms with Gasteiger partial charge in [0.15, 0.2) is 0 Å². The molecule has 1 aliphatic heterocycles. The summed E-state index contributed by atoms with van der Waals surface area (Å²) in [6, 6.07) is 14.6. The molecule has 24 heavy (non-hydrogen) atoms. The first kappa shape index (κ1) is 16.9. The van der Waals surface area contributed by atoms with E-state index in [1.54, 1.807) is 11.0 Å². The Bertz CT molecular complexity index is 781. The molecule has 0 radical (unpaired) electrons. The largest absolute Gasteiger partial charge is 0.324 e. The summed E-state index contributed by atoms with van der Waals surface area (Å²) < 4.78 is 0. The van der Waals surface area contributed by atoms with Gasteiger partial charge in [-0.1, -0.05) is 35.9 Å². The molecule has 1 N–H and O–H groups in total. The van der Waals surface area contributed by atoms with E-state index < -0.39 is 0 Å². The van der Waals surface area contributed by atoms with Crippen LogP contribution in [0.25, 0.3) is 0 Å². The van der Waals surface area contributed by atoms with E-state index >= 15 is 0 Å². The van der Waals surface area contributed by atoms with Gasteiger partial charge in [-0.2, -0.15) is 0 Å². The van der Waals surface area contributed by atoms with E-state index in [1.165, 1.54) is 11.8 Å². The third-order valence-corrected chi connectivity index (χ3v) is 5.32. The molecule has 0 fully saturated rings. The predicted octanol–water partition coefficient (Wildman–Crippen LogP) is 4.20. The second-order valence-electron chi connectivity index (χ2n) is 5.60. The van der Waals surface area contributed by atoms with Crippen molar-refractivity contribution in [2.75, 3.05) is 16.0 Å².